The van der Waals surface area contributed by atoms with E-state index in [9.17, 15) is 4.79 Å². The van der Waals surface area contributed by atoms with Crippen LogP contribution in [-0.4, -0.2) is 69.6 Å². The Balaban J connectivity index is 0.00000264. The zero-order valence-electron chi connectivity index (χ0n) is 14.2. The molecule has 1 aliphatic heterocycles. The Morgan fingerprint density at radius 2 is 2.13 bits per heavy atom. The number of para-hydroxylation sites is 1. The minimum atomic E-state index is 0. The Labute approximate surface area is 145 Å². The first-order valence-electron chi connectivity index (χ1n) is 7.92. The largest absolute Gasteiger partial charge is 0.491 e. The van der Waals surface area contributed by atoms with E-state index in [-0.39, 0.29) is 18.3 Å². The Kier molecular flexibility index (Phi) is 8.37. The highest BCUT2D eigenvalue weighted by Crippen LogP contribution is 2.23. The van der Waals surface area contributed by atoms with Gasteiger partial charge in [-0.2, -0.15) is 0 Å². The van der Waals surface area contributed by atoms with E-state index in [1.54, 1.807) is 0 Å². The lowest BCUT2D eigenvalue weighted by molar-refractivity contribution is 0.0782. The van der Waals surface area contributed by atoms with Crippen LogP contribution in [0.3, 0.4) is 0 Å². The maximum Gasteiger partial charge on any atom is 0.257 e. The number of ether oxygens (including phenoxy) is 1. The number of benzene rings is 1. The van der Waals surface area contributed by atoms with Gasteiger partial charge in [0.15, 0.2) is 0 Å². The molecule has 1 amide bonds. The van der Waals surface area contributed by atoms with Gasteiger partial charge in [0.2, 0.25) is 0 Å². The van der Waals surface area contributed by atoms with Gasteiger partial charge in [0.05, 0.1) is 5.56 Å². The first-order valence-corrected chi connectivity index (χ1v) is 7.92. The lowest BCUT2D eigenvalue weighted by atomic mass is 10.1. The highest BCUT2D eigenvalue weighted by atomic mass is 35.5. The van der Waals surface area contributed by atoms with Gasteiger partial charge in [0.1, 0.15) is 12.4 Å². The van der Waals surface area contributed by atoms with Crippen molar-refractivity contribution < 1.29 is 9.53 Å². The van der Waals surface area contributed by atoms with Gasteiger partial charge in [-0.3, -0.25) is 4.79 Å². The highest BCUT2D eigenvalue weighted by molar-refractivity contribution is 5.97. The van der Waals surface area contributed by atoms with E-state index in [2.05, 4.69) is 10.2 Å². The summed E-state index contributed by atoms with van der Waals surface area (Å²) in [5.41, 5.74) is 0.673. The highest BCUT2D eigenvalue weighted by Gasteiger charge is 2.27. The van der Waals surface area contributed by atoms with Crippen molar-refractivity contribution in [3.63, 3.8) is 0 Å². The molecule has 1 N–H and O–H groups in total. The number of nitrogens with one attached hydrogen (secondary N) is 1. The molecule has 1 unspecified atom stereocenters. The number of likely N-dealkylation sites (tertiary alicyclic amines) is 1. The summed E-state index contributed by atoms with van der Waals surface area (Å²) in [4.78, 5) is 16.7. The number of hydrogen-bond acceptors (Lipinski definition) is 4. The summed E-state index contributed by atoms with van der Waals surface area (Å²) in [6, 6.07) is 7.55. The quantitative estimate of drug-likeness (QED) is 0.820. The van der Waals surface area contributed by atoms with Gasteiger partial charge in [0.25, 0.3) is 5.91 Å². The van der Waals surface area contributed by atoms with Crippen LogP contribution in [0.4, 0.5) is 0 Å². The number of amides is 1. The van der Waals surface area contributed by atoms with E-state index >= 15 is 0 Å². The van der Waals surface area contributed by atoms with E-state index in [1.165, 1.54) is 0 Å². The topological polar surface area (TPSA) is 44.8 Å². The SMILES string of the molecule is CNCC1CCN(C(=O)c2ccccc2OCCN(C)C)C1.Cl. The summed E-state index contributed by atoms with van der Waals surface area (Å²) >= 11 is 0. The molecule has 5 nitrogen and oxygen atoms in total. The molecule has 0 saturated carbocycles. The van der Waals surface area contributed by atoms with Crippen molar-refractivity contribution in [2.24, 2.45) is 5.92 Å². The summed E-state index contributed by atoms with van der Waals surface area (Å²) in [6.07, 6.45) is 1.07. The summed E-state index contributed by atoms with van der Waals surface area (Å²) in [6.45, 7) is 4.03. The third-order valence-corrected chi connectivity index (χ3v) is 3.98. The van der Waals surface area contributed by atoms with Crippen LogP contribution in [0.15, 0.2) is 24.3 Å². The van der Waals surface area contributed by atoms with Crippen molar-refractivity contribution in [2.45, 2.75) is 6.42 Å². The molecular formula is C17H28ClN3O2. The van der Waals surface area contributed by atoms with Crippen molar-refractivity contribution in [3.8, 4) is 5.75 Å². The van der Waals surface area contributed by atoms with Crippen LogP contribution in [0.25, 0.3) is 0 Å². The first kappa shape index (κ1) is 19.7. The number of halogens is 1. The van der Waals surface area contributed by atoms with Crippen molar-refractivity contribution in [1.29, 1.82) is 0 Å². The fourth-order valence-corrected chi connectivity index (χ4v) is 2.75. The van der Waals surface area contributed by atoms with Gasteiger partial charge < -0.3 is 19.9 Å². The van der Waals surface area contributed by atoms with Gasteiger partial charge in [-0.15, -0.1) is 12.4 Å². The molecule has 0 spiro atoms. The molecule has 130 valence electrons. The normalized spacial score (nSPS) is 17.2. The summed E-state index contributed by atoms with van der Waals surface area (Å²) in [7, 11) is 5.97. The van der Waals surface area contributed by atoms with Gasteiger partial charge in [-0.1, -0.05) is 12.1 Å². The molecule has 0 aliphatic carbocycles. The molecular weight excluding hydrogens is 314 g/mol. The van der Waals surface area contributed by atoms with Crippen LogP contribution in [0.1, 0.15) is 16.8 Å². The zero-order chi connectivity index (χ0) is 15.9. The van der Waals surface area contributed by atoms with Gasteiger partial charge in [-0.05, 0) is 52.2 Å². The second kappa shape index (κ2) is 9.75. The van der Waals surface area contributed by atoms with Crippen molar-refractivity contribution in [1.82, 2.24) is 15.1 Å². The third-order valence-electron chi connectivity index (χ3n) is 3.98. The first-order chi connectivity index (χ1) is 10.6. The predicted octanol–water partition coefficient (Wildman–Crippen LogP) is 1.73. The average molecular weight is 342 g/mol. The van der Waals surface area contributed by atoms with Crippen LogP contribution >= 0.6 is 12.4 Å². The molecule has 0 bridgehead atoms. The Bertz CT molecular complexity index is 496. The third kappa shape index (κ3) is 5.68. The number of carbonyl (C=O) groups is 1. The fraction of sp³-hybridized carbons (Fsp3) is 0.588. The predicted molar refractivity (Wildman–Crippen MR) is 95.7 cm³/mol. The molecule has 1 fully saturated rings. The smallest absolute Gasteiger partial charge is 0.257 e. The molecule has 1 heterocycles. The molecule has 6 heteroatoms. The monoisotopic (exact) mass is 341 g/mol. The second-order valence-electron chi connectivity index (χ2n) is 6.11. The molecule has 23 heavy (non-hydrogen) atoms. The van der Waals surface area contributed by atoms with Crippen LogP contribution < -0.4 is 10.1 Å². The Morgan fingerprint density at radius 1 is 1.39 bits per heavy atom. The van der Waals surface area contributed by atoms with Gasteiger partial charge in [-0.25, -0.2) is 0 Å². The minimum absolute atomic E-state index is 0. The molecule has 0 aromatic heterocycles. The molecule has 1 aromatic rings. The lowest BCUT2D eigenvalue weighted by Crippen LogP contribution is -2.30. The number of hydrogen-bond donors (Lipinski definition) is 1. The molecule has 1 atom stereocenters. The van der Waals surface area contributed by atoms with E-state index in [0.29, 0.717) is 23.8 Å². The zero-order valence-corrected chi connectivity index (χ0v) is 15.1. The number of likely N-dealkylation sites (N-methyl/N-ethyl adjacent to an activating group) is 1. The Morgan fingerprint density at radius 3 is 2.83 bits per heavy atom. The van der Waals surface area contributed by atoms with Gasteiger partial charge >= 0.3 is 0 Å². The fourth-order valence-electron chi connectivity index (χ4n) is 2.75. The standard InChI is InChI=1S/C17H27N3O2.ClH/c1-18-12-14-8-9-20(13-14)17(21)15-6-4-5-7-16(15)22-11-10-19(2)3;/h4-7,14,18H,8-13H2,1-3H3;1H. The van der Waals surface area contributed by atoms with E-state index in [4.69, 9.17) is 4.74 Å². The van der Waals surface area contributed by atoms with Crippen molar-refractivity contribution in [2.75, 3.05) is 53.9 Å². The van der Waals surface area contributed by atoms with E-state index in [0.717, 1.165) is 32.6 Å². The minimum Gasteiger partial charge on any atom is -0.491 e. The van der Waals surface area contributed by atoms with E-state index in [1.807, 2.05) is 50.3 Å². The van der Waals surface area contributed by atoms with Crippen LogP contribution in [0, 0.1) is 5.92 Å². The van der Waals surface area contributed by atoms with Crippen LogP contribution in [-0.2, 0) is 0 Å². The second-order valence-corrected chi connectivity index (χ2v) is 6.11. The molecule has 0 radical (unpaired) electrons. The van der Waals surface area contributed by atoms with Crippen LogP contribution in [0.5, 0.6) is 5.75 Å². The average Bonchev–Trinajstić information content (AvgIpc) is 2.96. The molecule has 1 saturated heterocycles. The van der Waals surface area contributed by atoms with E-state index < -0.39 is 0 Å². The lowest BCUT2D eigenvalue weighted by Gasteiger charge is -2.19. The van der Waals surface area contributed by atoms with Crippen LogP contribution in [0.2, 0.25) is 0 Å². The van der Waals surface area contributed by atoms with Gasteiger partial charge in [0, 0.05) is 19.6 Å². The summed E-state index contributed by atoms with van der Waals surface area (Å²) in [5.74, 6) is 1.32. The van der Waals surface area contributed by atoms with Crippen molar-refractivity contribution >= 4 is 18.3 Å². The molecule has 1 aliphatic rings. The number of nitrogens with zero attached hydrogens (tertiary/aromatic N) is 2. The number of rotatable bonds is 7. The van der Waals surface area contributed by atoms with Crippen molar-refractivity contribution in [3.05, 3.63) is 29.8 Å². The molecule has 2 rings (SSSR count). The maximum absolute atomic E-state index is 12.7. The molecule has 1 aromatic carbocycles. The maximum atomic E-state index is 12.7. The number of carbonyl (C=O) groups excluding carboxylic acids is 1. The summed E-state index contributed by atoms with van der Waals surface area (Å²) < 4.78 is 5.80. The summed E-state index contributed by atoms with van der Waals surface area (Å²) in [5, 5.41) is 3.19. The Hall–Kier alpha value is -1.30.